The summed E-state index contributed by atoms with van der Waals surface area (Å²) in [4.78, 5) is 12.2. The summed E-state index contributed by atoms with van der Waals surface area (Å²) in [6.07, 6.45) is 0.912. The van der Waals surface area contributed by atoms with Gasteiger partial charge in [0.15, 0.2) is 0 Å². The van der Waals surface area contributed by atoms with Gasteiger partial charge in [-0.3, -0.25) is 4.79 Å². The van der Waals surface area contributed by atoms with Crippen LogP contribution in [-0.2, 0) is 4.79 Å². The quantitative estimate of drug-likeness (QED) is 0.678. The van der Waals surface area contributed by atoms with Crippen LogP contribution in [0.25, 0.3) is 0 Å². The van der Waals surface area contributed by atoms with Gasteiger partial charge in [0.05, 0.1) is 5.71 Å². The lowest BCUT2D eigenvalue weighted by atomic mass is 10.1. The molecule has 112 valence electrons. The second-order valence-electron chi connectivity index (χ2n) is 5.90. The Morgan fingerprint density at radius 3 is 2.64 bits per heavy atom. The fraction of sp³-hybridized carbons (Fsp3) is 0.263. The Bertz CT molecular complexity index is 706. The predicted octanol–water partition coefficient (Wildman–Crippen LogP) is 3.64. The van der Waals surface area contributed by atoms with E-state index in [9.17, 15) is 4.79 Å². The molecule has 0 heterocycles. The fourth-order valence-corrected chi connectivity index (χ4v) is 2.71. The summed E-state index contributed by atoms with van der Waals surface area (Å²) in [5, 5.41) is 4.24. The summed E-state index contributed by atoms with van der Waals surface area (Å²) in [6, 6.07) is 18.3. The molecule has 0 saturated heterocycles. The first kappa shape index (κ1) is 14.5. The van der Waals surface area contributed by atoms with Crippen LogP contribution in [-0.4, -0.2) is 11.6 Å². The molecular weight excluding hydrogens is 272 g/mol. The lowest BCUT2D eigenvalue weighted by Gasteiger charge is -2.04. The van der Waals surface area contributed by atoms with E-state index in [0.29, 0.717) is 5.92 Å². The van der Waals surface area contributed by atoms with Crippen molar-refractivity contribution in [2.45, 2.75) is 26.2 Å². The first-order chi connectivity index (χ1) is 10.6. The maximum Gasteiger partial charge on any atom is 0.243 e. The van der Waals surface area contributed by atoms with Crippen LogP contribution >= 0.6 is 0 Å². The Kier molecular flexibility index (Phi) is 4.05. The molecule has 2 atom stereocenters. The van der Waals surface area contributed by atoms with Gasteiger partial charge in [-0.1, -0.05) is 60.2 Å². The maximum absolute atomic E-state index is 12.2. The fourth-order valence-electron chi connectivity index (χ4n) is 2.71. The monoisotopic (exact) mass is 292 g/mol. The number of carbonyl (C=O) groups excluding carboxylic acids is 1. The van der Waals surface area contributed by atoms with Crippen molar-refractivity contribution in [2.24, 2.45) is 11.0 Å². The summed E-state index contributed by atoms with van der Waals surface area (Å²) < 4.78 is 0. The minimum Gasteiger partial charge on any atom is -0.273 e. The minimum absolute atomic E-state index is 0.0147. The highest BCUT2D eigenvalue weighted by Crippen LogP contribution is 2.47. The van der Waals surface area contributed by atoms with Crippen molar-refractivity contribution in [1.82, 2.24) is 5.43 Å². The van der Waals surface area contributed by atoms with Gasteiger partial charge in [-0.2, -0.15) is 5.10 Å². The molecule has 1 N–H and O–H groups in total. The van der Waals surface area contributed by atoms with Gasteiger partial charge in [-0.25, -0.2) is 5.43 Å². The van der Waals surface area contributed by atoms with Gasteiger partial charge in [0.2, 0.25) is 5.91 Å². The van der Waals surface area contributed by atoms with Crippen LogP contribution in [0.2, 0.25) is 0 Å². The van der Waals surface area contributed by atoms with Gasteiger partial charge < -0.3 is 0 Å². The molecule has 0 aromatic heterocycles. The van der Waals surface area contributed by atoms with Gasteiger partial charge in [-0.15, -0.1) is 0 Å². The lowest BCUT2D eigenvalue weighted by Crippen LogP contribution is -2.21. The number of hydrogen-bond donors (Lipinski definition) is 1. The highest BCUT2D eigenvalue weighted by molar-refractivity contribution is 5.99. The summed E-state index contributed by atoms with van der Waals surface area (Å²) in [5.41, 5.74) is 7.00. The van der Waals surface area contributed by atoms with Crippen molar-refractivity contribution in [1.29, 1.82) is 0 Å². The Labute approximate surface area is 131 Å². The Hall–Kier alpha value is -2.42. The molecule has 1 amide bonds. The zero-order valence-electron chi connectivity index (χ0n) is 12.9. The number of benzene rings is 2. The third-order valence-electron chi connectivity index (χ3n) is 4.12. The zero-order chi connectivity index (χ0) is 15.5. The van der Waals surface area contributed by atoms with E-state index >= 15 is 0 Å². The van der Waals surface area contributed by atoms with Gasteiger partial charge in [0, 0.05) is 5.92 Å². The number of carbonyl (C=O) groups is 1. The van der Waals surface area contributed by atoms with Crippen LogP contribution in [0, 0.1) is 12.8 Å². The average Bonchev–Trinajstić information content (AvgIpc) is 3.34. The molecule has 2 aromatic rings. The highest BCUT2D eigenvalue weighted by Gasteiger charge is 2.43. The van der Waals surface area contributed by atoms with E-state index in [0.717, 1.165) is 17.7 Å². The summed E-state index contributed by atoms with van der Waals surface area (Å²) in [7, 11) is 0. The predicted molar refractivity (Wildman–Crippen MR) is 88.8 cm³/mol. The molecule has 3 nitrogen and oxygen atoms in total. The molecule has 2 unspecified atom stereocenters. The molecule has 1 aliphatic rings. The molecule has 2 aromatic carbocycles. The van der Waals surface area contributed by atoms with Crippen molar-refractivity contribution in [3.8, 4) is 0 Å². The third-order valence-corrected chi connectivity index (χ3v) is 4.12. The topological polar surface area (TPSA) is 41.5 Å². The SMILES string of the molecule is CC(=NNC(=O)C1CC1c1ccccc1)c1cccc(C)c1. The van der Waals surface area contributed by atoms with Crippen molar-refractivity contribution in [3.05, 3.63) is 71.3 Å². The maximum atomic E-state index is 12.2. The second-order valence-corrected chi connectivity index (χ2v) is 5.90. The Morgan fingerprint density at radius 2 is 1.91 bits per heavy atom. The standard InChI is InChI=1S/C19H20N2O/c1-13-7-6-10-16(11-13)14(2)20-21-19(22)18-12-17(18)15-8-4-3-5-9-15/h3-11,17-18H,12H2,1-2H3,(H,21,22). The number of aryl methyl sites for hydroxylation is 1. The molecule has 22 heavy (non-hydrogen) atoms. The molecule has 3 heteroatoms. The van der Waals surface area contributed by atoms with Crippen LogP contribution < -0.4 is 5.43 Å². The van der Waals surface area contributed by atoms with E-state index in [1.165, 1.54) is 11.1 Å². The van der Waals surface area contributed by atoms with Crippen molar-refractivity contribution in [2.75, 3.05) is 0 Å². The van der Waals surface area contributed by atoms with E-state index in [1.54, 1.807) is 0 Å². The first-order valence-corrected chi connectivity index (χ1v) is 7.61. The van der Waals surface area contributed by atoms with E-state index < -0.39 is 0 Å². The lowest BCUT2D eigenvalue weighted by molar-refractivity contribution is -0.122. The molecule has 0 bridgehead atoms. The van der Waals surface area contributed by atoms with Crippen LogP contribution in [0.1, 0.15) is 36.0 Å². The van der Waals surface area contributed by atoms with Crippen LogP contribution in [0.15, 0.2) is 59.7 Å². The highest BCUT2D eigenvalue weighted by atomic mass is 16.2. The number of rotatable bonds is 4. The molecule has 0 spiro atoms. The molecule has 1 fully saturated rings. The van der Waals surface area contributed by atoms with Gasteiger partial charge in [0.1, 0.15) is 0 Å². The number of nitrogens with zero attached hydrogens (tertiary/aromatic N) is 1. The number of hydrazone groups is 1. The zero-order valence-corrected chi connectivity index (χ0v) is 12.9. The number of hydrogen-bond acceptors (Lipinski definition) is 2. The van der Waals surface area contributed by atoms with Crippen molar-refractivity contribution < 1.29 is 4.79 Å². The average molecular weight is 292 g/mol. The van der Waals surface area contributed by atoms with E-state index in [1.807, 2.05) is 50.2 Å². The van der Waals surface area contributed by atoms with E-state index in [4.69, 9.17) is 0 Å². The molecule has 1 aliphatic carbocycles. The summed E-state index contributed by atoms with van der Waals surface area (Å²) >= 11 is 0. The van der Waals surface area contributed by atoms with E-state index in [-0.39, 0.29) is 11.8 Å². The van der Waals surface area contributed by atoms with Crippen LogP contribution in [0.5, 0.6) is 0 Å². The van der Waals surface area contributed by atoms with Crippen molar-refractivity contribution >= 4 is 11.6 Å². The first-order valence-electron chi connectivity index (χ1n) is 7.61. The molecule has 0 aliphatic heterocycles. The van der Waals surface area contributed by atoms with Crippen LogP contribution in [0.4, 0.5) is 0 Å². The molecule has 1 saturated carbocycles. The number of nitrogens with one attached hydrogen (secondary N) is 1. The Balaban J connectivity index is 1.60. The smallest absolute Gasteiger partial charge is 0.243 e. The van der Waals surface area contributed by atoms with Crippen molar-refractivity contribution in [3.63, 3.8) is 0 Å². The van der Waals surface area contributed by atoms with E-state index in [2.05, 4.69) is 28.7 Å². The Morgan fingerprint density at radius 1 is 1.14 bits per heavy atom. The molecular formula is C19H20N2O. The second kappa shape index (κ2) is 6.14. The largest absolute Gasteiger partial charge is 0.273 e. The van der Waals surface area contributed by atoms with Gasteiger partial charge in [0.25, 0.3) is 0 Å². The normalized spacial score (nSPS) is 20.5. The number of amides is 1. The summed E-state index contributed by atoms with van der Waals surface area (Å²) in [6.45, 7) is 3.96. The van der Waals surface area contributed by atoms with Gasteiger partial charge in [-0.05, 0) is 37.3 Å². The third kappa shape index (κ3) is 3.25. The molecule has 3 rings (SSSR count). The van der Waals surface area contributed by atoms with Gasteiger partial charge >= 0.3 is 0 Å². The minimum atomic E-state index is 0.0147. The van der Waals surface area contributed by atoms with Crippen LogP contribution in [0.3, 0.4) is 0 Å². The summed E-state index contributed by atoms with van der Waals surface area (Å²) in [5.74, 6) is 0.410. The molecule has 0 radical (unpaired) electrons.